The van der Waals surface area contributed by atoms with Gasteiger partial charge in [0.2, 0.25) is 0 Å². The van der Waals surface area contributed by atoms with Crippen molar-refractivity contribution < 1.29 is 0 Å². The Morgan fingerprint density at radius 2 is 2.29 bits per heavy atom. The zero-order valence-corrected chi connectivity index (χ0v) is 7.22. The van der Waals surface area contributed by atoms with Crippen LogP contribution in [0.2, 0.25) is 0 Å². The predicted octanol–water partition coefficient (Wildman–Crippen LogP) is 2.77. The van der Waals surface area contributed by atoms with Crippen molar-refractivity contribution in [3.8, 4) is 0 Å². The Morgan fingerprint density at radius 1 is 1.57 bits per heavy atom. The fraction of sp³-hybridized carbons (Fsp3) is 0. The third-order valence-electron chi connectivity index (χ3n) is 0.486. The van der Waals surface area contributed by atoms with E-state index in [-0.39, 0.29) is 12.4 Å². The van der Waals surface area contributed by atoms with Gasteiger partial charge in [0, 0.05) is 0 Å². The highest BCUT2D eigenvalue weighted by Crippen LogP contribution is 2.09. The molecule has 0 spiro atoms. The van der Waals surface area contributed by atoms with Crippen molar-refractivity contribution in [3.05, 3.63) is 20.4 Å². The summed E-state index contributed by atoms with van der Waals surface area (Å²) in [6.45, 7) is 0. The maximum absolute atomic E-state index is 2.29. The number of hydrogen-bond donors (Lipinski definition) is 0. The Labute approximate surface area is 66.5 Å². The second-order valence-corrected chi connectivity index (χ2v) is 3.76. The fourth-order valence-corrected chi connectivity index (χ4v) is 1.35. The minimum Gasteiger partial charge on any atom is -0.147 e. The lowest BCUT2D eigenvalue weighted by molar-refractivity contribution is 1.97. The SMILES string of the molecule is Cl.Ic1cccs1. The van der Waals surface area contributed by atoms with E-state index in [4.69, 9.17) is 0 Å². The van der Waals surface area contributed by atoms with Crippen LogP contribution in [-0.4, -0.2) is 0 Å². The summed E-state index contributed by atoms with van der Waals surface area (Å²) in [5.74, 6) is 0. The second kappa shape index (κ2) is 3.69. The molecule has 0 aliphatic heterocycles. The van der Waals surface area contributed by atoms with Crippen molar-refractivity contribution in [2.24, 2.45) is 0 Å². The van der Waals surface area contributed by atoms with Crippen molar-refractivity contribution >= 4 is 46.3 Å². The summed E-state index contributed by atoms with van der Waals surface area (Å²) < 4.78 is 1.35. The van der Waals surface area contributed by atoms with Gasteiger partial charge in [0.05, 0.1) is 2.88 Å². The normalized spacial score (nSPS) is 7.57. The number of thiophene rings is 1. The van der Waals surface area contributed by atoms with Crippen LogP contribution in [-0.2, 0) is 0 Å². The van der Waals surface area contributed by atoms with Crippen LogP contribution in [0.1, 0.15) is 0 Å². The molecule has 1 rings (SSSR count). The first-order chi connectivity index (χ1) is 2.89. The predicted molar refractivity (Wildman–Crippen MR) is 44.3 cm³/mol. The molecule has 0 atom stereocenters. The van der Waals surface area contributed by atoms with Gasteiger partial charge in [-0.3, -0.25) is 0 Å². The highest BCUT2D eigenvalue weighted by Gasteiger charge is 1.77. The first-order valence-electron chi connectivity index (χ1n) is 1.58. The molecule has 0 saturated heterocycles. The molecule has 1 heterocycles. The molecule has 0 bridgehead atoms. The molecular weight excluding hydrogens is 242 g/mol. The summed E-state index contributed by atoms with van der Waals surface area (Å²) in [5, 5.41) is 2.07. The summed E-state index contributed by atoms with van der Waals surface area (Å²) in [5.41, 5.74) is 0. The minimum atomic E-state index is 0. The first-order valence-corrected chi connectivity index (χ1v) is 3.54. The molecule has 0 radical (unpaired) electrons. The van der Waals surface area contributed by atoms with Crippen molar-refractivity contribution in [2.45, 2.75) is 0 Å². The highest BCUT2D eigenvalue weighted by atomic mass is 127. The summed E-state index contributed by atoms with van der Waals surface area (Å²) in [6, 6.07) is 4.14. The zero-order valence-electron chi connectivity index (χ0n) is 3.43. The smallest absolute Gasteiger partial charge is 0.0653 e. The Morgan fingerprint density at radius 3 is 2.43 bits per heavy atom. The van der Waals surface area contributed by atoms with Gasteiger partial charge in [-0.15, -0.1) is 23.7 Å². The quantitative estimate of drug-likeness (QED) is 0.618. The largest absolute Gasteiger partial charge is 0.147 e. The third kappa shape index (κ3) is 2.51. The monoisotopic (exact) mass is 246 g/mol. The maximum atomic E-state index is 2.29. The van der Waals surface area contributed by atoms with Crippen LogP contribution in [0, 0.1) is 2.88 Å². The lowest BCUT2D eigenvalue weighted by atomic mass is 10.7. The molecule has 0 amide bonds. The maximum Gasteiger partial charge on any atom is 0.0653 e. The molecule has 0 fully saturated rings. The van der Waals surface area contributed by atoms with Crippen molar-refractivity contribution in [1.82, 2.24) is 0 Å². The average molecular weight is 247 g/mol. The van der Waals surface area contributed by atoms with E-state index in [1.54, 1.807) is 11.3 Å². The van der Waals surface area contributed by atoms with E-state index < -0.39 is 0 Å². The Kier molecular flexibility index (Phi) is 4.07. The first kappa shape index (κ1) is 7.72. The van der Waals surface area contributed by atoms with E-state index in [0.717, 1.165) is 0 Å². The molecule has 0 aliphatic carbocycles. The van der Waals surface area contributed by atoms with E-state index in [1.807, 2.05) is 6.07 Å². The lowest BCUT2D eigenvalue weighted by Crippen LogP contribution is -1.38. The van der Waals surface area contributed by atoms with E-state index in [9.17, 15) is 0 Å². The topological polar surface area (TPSA) is 0 Å². The van der Waals surface area contributed by atoms with Gasteiger partial charge in [-0.1, -0.05) is 6.07 Å². The average Bonchev–Trinajstić information content (AvgIpc) is 1.86. The van der Waals surface area contributed by atoms with Gasteiger partial charge < -0.3 is 0 Å². The van der Waals surface area contributed by atoms with Gasteiger partial charge in [-0.05, 0) is 34.0 Å². The summed E-state index contributed by atoms with van der Waals surface area (Å²) >= 11 is 4.06. The molecule has 0 unspecified atom stereocenters. The van der Waals surface area contributed by atoms with Gasteiger partial charge in [-0.25, -0.2) is 0 Å². The lowest BCUT2D eigenvalue weighted by Gasteiger charge is -1.62. The van der Waals surface area contributed by atoms with Gasteiger partial charge in [0.15, 0.2) is 0 Å². The molecule has 40 valence electrons. The van der Waals surface area contributed by atoms with Crippen molar-refractivity contribution in [3.63, 3.8) is 0 Å². The second-order valence-electron chi connectivity index (χ2n) is 0.917. The molecule has 0 aliphatic rings. The van der Waals surface area contributed by atoms with Crippen LogP contribution < -0.4 is 0 Å². The zero-order chi connectivity index (χ0) is 4.41. The van der Waals surface area contributed by atoms with Crippen molar-refractivity contribution in [1.29, 1.82) is 0 Å². The highest BCUT2D eigenvalue weighted by molar-refractivity contribution is 14.1. The molecule has 0 saturated carbocycles. The van der Waals surface area contributed by atoms with Gasteiger partial charge in [-0.2, -0.15) is 0 Å². The van der Waals surface area contributed by atoms with Gasteiger partial charge in [0.25, 0.3) is 0 Å². The molecule has 0 N–H and O–H groups in total. The third-order valence-corrected chi connectivity index (χ3v) is 2.26. The number of hydrogen-bond acceptors (Lipinski definition) is 1. The van der Waals surface area contributed by atoms with Crippen LogP contribution in [0.4, 0.5) is 0 Å². The number of halogens is 2. The van der Waals surface area contributed by atoms with Gasteiger partial charge >= 0.3 is 0 Å². The molecule has 1 aromatic rings. The van der Waals surface area contributed by atoms with E-state index in [1.165, 1.54) is 2.88 Å². The molecular formula is C4H4ClIS. The molecule has 0 aromatic carbocycles. The van der Waals surface area contributed by atoms with Crippen LogP contribution >= 0.6 is 46.3 Å². The Bertz CT molecular complexity index is 115. The van der Waals surface area contributed by atoms with Crippen LogP contribution in [0.15, 0.2) is 17.5 Å². The summed E-state index contributed by atoms with van der Waals surface area (Å²) in [4.78, 5) is 0. The Balaban J connectivity index is 0.000000360. The van der Waals surface area contributed by atoms with E-state index in [2.05, 4.69) is 34.0 Å². The van der Waals surface area contributed by atoms with Crippen LogP contribution in [0.3, 0.4) is 0 Å². The van der Waals surface area contributed by atoms with E-state index in [0.29, 0.717) is 0 Å². The fourth-order valence-electron chi connectivity index (χ4n) is 0.259. The van der Waals surface area contributed by atoms with E-state index >= 15 is 0 Å². The summed E-state index contributed by atoms with van der Waals surface area (Å²) in [6.07, 6.45) is 0. The van der Waals surface area contributed by atoms with Crippen molar-refractivity contribution in [2.75, 3.05) is 0 Å². The van der Waals surface area contributed by atoms with Crippen LogP contribution in [0.5, 0.6) is 0 Å². The van der Waals surface area contributed by atoms with Gasteiger partial charge in [0.1, 0.15) is 0 Å². The Hall–Kier alpha value is 0.720. The minimum absolute atomic E-state index is 0. The summed E-state index contributed by atoms with van der Waals surface area (Å²) in [7, 11) is 0. The van der Waals surface area contributed by atoms with Crippen LogP contribution in [0.25, 0.3) is 0 Å². The number of rotatable bonds is 0. The molecule has 7 heavy (non-hydrogen) atoms. The standard InChI is InChI=1S/C4H3IS.ClH/c5-4-2-1-3-6-4;/h1-3H;1H. The molecule has 0 nitrogen and oxygen atoms in total. The molecule has 3 heteroatoms. The molecule has 1 aromatic heterocycles.